The van der Waals surface area contributed by atoms with Crippen molar-refractivity contribution in [1.82, 2.24) is 15.6 Å². The van der Waals surface area contributed by atoms with Gasteiger partial charge in [0.25, 0.3) is 0 Å². The number of nitrogens with zero attached hydrogens (tertiary/aromatic N) is 1. The molecule has 0 aliphatic heterocycles. The van der Waals surface area contributed by atoms with Crippen molar-refractivity contribution in [2.24, 2.45) is 0 Å². The monoisotopic (exact) mass is 533 g/mol. The molecule has 0 unspecified atom stereocenters. The number of hydrogen-bond acceptors (Lipinski definition) is 3. The summed E-state index contributed by atoms with van der Waals surface area (Å²) in [7, 11) is 0. The number of hydrogen-bond donors (Lipinski definition) is 2. The van der Waals surface area contributed by atoms with Crippen LogP contribution in [0.15, 0.2) is 78.9 Å². The van der Waals surface area contributed by atoms with Crippen LogP contribution in [0.5, 0.6) is 0 Å². The molecule has 0 aliphatic rings. The van der Waals surface area contributed by atoms with E-state index >= 15 is 0 Å². The van der Waals surface area contributed by atoms with Gasteiger partial charge in [0.05, 0.1) is 0 Å². The summed E-state index contributed by atoms with van der Waals surface area (Å²) in [5.74, 6) is -0.498. The topological polar surface area (TPSA) is 71.1 Å². The van der Waals surface area contributed by atoms with Crippen molar-refractivity contribution >= 4 is 50.7 Å². The molecule has 30 heavy (non-hydrogen) atoms. The summed E-state index contributed by atoms with van der Waals surface area (Å²) in [6, 6.07) is 25.5. The molecule has 1 heterocycles. The van der Waals surface area contributed by atoms with Gasteiger partial charge in [0, 0.05) is 0 Å². The molecule has 0 atom stereocenters. The van der Waals surface area contributed by atoms with Crippen molar-refractivity contribution in [3.05, 3.63) is 90.3 Å². The molecule has 0 spiro atoms. The standard InChI is InChI=1S/C23H23N3O2Se2/c27-22(24-14-16-29-18-8-3-1-4-9-18)20-12-7-13-21(26-20)23(28)25-15-17-30-19-10-5-2-6-11-19/h1-13H,14-17H2,(H,24,27)(H,25,28). The third kappa shape index (κ3) is 7.43. The first kappa shape index (κ1) is 22.3. The molecule has 2 aromatic carbocycles. The summed E-state index contributed by atoms with van der Waals surface area (Å²) in [5.41, 5.74) is 0.534. The van der Waals surface area contributed by atoms with E-state index < -0.39 is 0 Å². The van der Waals surface area contributed by atoms with Gasteiger partial charge in [-0.3, -0.25) is 0 Å². The first-order valence-electron chi connectivity index (χ1n) is 9.61. The number of carbonyl (C=O) groups excluding carboxylic acids is 2. The van der Waals surface area contributed by atoms with Crippen LogP contribution in [0.4, 0.5) is 0 Å². The summed E-state index contributed by atoms with van der Waals surface area (Å²) >= 11 is 0.649. The first-order valence-corrected chi connectivity index (χ1v) is 13.7. The molecule has 3 aromatic rings. The van der Waals surface area contributed by atoms with Crippen molar-refractivity contribution in [3.63, 3.8) is 0 Å². The summed E-state index contributed by atoms with van der Waals surface area (Å²) in [5, 5.41) is 7.60. The second-order valence-electron chi connectivity index (χ2n) is 6.24. The molecule has 0 saturated carbocycles. The Morgan fingerprint density at radius 3 is 1.50 bits per heavy atom. The van der Waals surface area contributed by atoms with E-state index in [1.165, 1.54) is 8.92 Å². The Morgan fingerprint density at radius 2 is 1.07 bits per heavy atom. The fourth-order valence-electron chi connectivity index (χ4n) is 2.57. The van der Waals surface area contributed by atoms with Crippen molar-refractivity contribution in [2.75, 3.05) is 13.1 Å². The molecule has 0 radical (unpaired) electrons. The van der Waals surface area contributed by atoms with E-state index in [1.54, 1.807) is 18.2 Å². The Kier molecular flexibility index (Phi) is 9.13. The number of pyridine rings is 1. The first-order chi connectivity index (χ1) is 14.7. The van der Waals surface area contributed by atoms with E-state index in [4.69, 9.17) is 0 Å². The van der Waals surface area contributed by atoms with E-state index in [0.717, 1.165) is 10.6 Å². The van der Waals surface area contributed by atoms with Gasteiger partial charge in [-0.2, -0.15) is 0 Å². The second kappa shape index (κ2) is 12.3. The Morgan fingerprint density at radius 1 is 0.633 bits per heavy atom. The van der Waals surface area contributed by atoms with Crippen LogP contribution in [0.3, 0.4) is 0 Å². The average molecular weight is 531 g/mol. The van der Waals surface area contributed by atoms with Gasteiger partial charge in [-0.25, -0.2) is 0 Å². The van der Waals surface area contributed by atoms with Gasteiger partial charge in [0.15, 0.2) is 0 Å². The molecule has 1 aromatic heterocycles. The Hall–Kier alpha value is -2.43. The normalized spacial score (nSPS) is 10.4. The van der Waals surface area contributed by atoms with Crippen LogP contribution >= 0.6 is 0 Å². The van der Waals surface area contributed by atoms with Crippen LogP contribution in [-0.4, -0.2) is 59.8 Å². The quantitative estimate of drug-likeness (QED) is 0.308. The van der Waals surface area contributed by atoms with Crippen molar-refractivity contribution in [2.45, 2.75) is 10.6 Å². The molecular formula is C23H23N3O2Se2. The van der Waals surface area contributed by atoms with Crippen LogP contribution in [-0.2, 0) is 0 Å². The average Bonchev–Trinajstić information content (AvgIpc) is 2.81. The number of carbonyl (C=O) groups is 2. The fourth-order valence-corrected chi connectivity index (χ4v) is 5.88. The number of aromatic nitrogens is 1. The van der Waals surface area contributed by atoms with Crippen molar-refractivity contribution in [1.29, 1.82) is 0 Å². The number of benzene rings is 2. The molecular weight excluding hydrogens is 508 g/mol. The zero-order chi connectivity index (χ0) is 21.0. The van der Waals surface area contributed by atoms with Crippen molar-refractivity contribution in [3.8, 4) is 0 Å². The van der Waals surface area contributed by atoms with Gasteiger partial charge in [-0.15, -0.1) is 0 Å². The van der Waals surface area contributed by atoms with Gasteiger partial charge in [0.1, 0.15) is 0 Å². The van der Waals surface area contributed by atoms with E-state index in [-0.39, 0.29) is 23.2 Å². The van der Waals surface area contributed by atoms with Crippen molar-refractivity contribution < 1.29 is 9.59 Å². The molecule has 5 nitrogen and oxygen atoms in total. The van der Waals surface area contributed by atoms with E-state index in [0.29, 0.717) is 43.0 Å². The maximum atomic E-state index is 12.4. The Labute approximate surface area is 189 Å². The van der Waals surface area contributed by atoms with E-state index in [9.17, 15) is 9.59 Å². The summed E-state index contributed by atoms with van der Waals surface area (Å²) in [4.78, 5) is 28.9. The summed E-state index contributed by atoms with van der Waals surface area (Å²) < 4.78 is 2.62. The molecule has 2 N–H and O–H groups in total. The second-order valence-corrected chi connectivity index (χ2v) is 11.1. The van der Waals surface area contributed by atoms with E-state index in [1.807, 2.05) is 36.4 Å². The fraction of sp³-hybridized carbons (Fsp3) is 0.174. The van der Waals surface area contributed by atoms with Gasteiger partial charge < -0.3 is 0 Å². The summed E-state index contributed by atoms with van der Waals surface area (Å²) in [6.45, 7) is 1.18. The SMILES string of the molecule is O=C(NCC[Se]c1ccccc1)c1cccc(C(=O)NCC[Se]c2ccccc2)n1. The van der Waals surface area contributed by atoms with Crippen LogP contribution in [0.25, 0.3) is 0 Å². The van der Waals surface area contributed by atoms with Gasteiger partial charge >= 0.3 is 190 Å². The van der Waals surface area contributed by atoms with Crippen LogP contribution in [0, 0.1) is 0 Å². The molecule has 2 amide bonds. The van der Waals surface area contributed by atoms with Gasteiger partial charge in [0.2, 0.25) is 0 Å². The third-order valence-electron chi connectivity index (χ3n) is 4.01. The zero-order valence-electron chi connectivity index (χ0n) is 16.4. The number of rotatable bonds is 10. The van der Waals surface area contributed by atoms with E-state index in [2.05, 4.69) is 39.9 Å². The molecule has 154 valence electrons. The molecule has 0 bridgehead atoms. The maximum absolute atomic E-state index is 12.4. The van der Waals surface area contributed by atoms with Crippen LogP contribution in [0.2, 0.25) is 10.6 Å². The van der Waals surface area contributed by atoms with Crippen LogP contribution < -0.4 is 19.6 Å². The molecule has 7 heteroatoms. The van der Waals surface area contributed by atoms with Gasteiger partial charge in [-0.05, 0) is 0 Å². The Bertz CT molecular complexity index is 878. The predicted molar refractivity (Wildman–Crippen MR) is 122 cm³/mol. The molecule has 0 aliphatic carbocycles. The third-order valence-corrected chi connectivity index (χ3v) is 8.27. The van der Waals surface area contributed by atoms with Gasteiger partial charge in [-0.1, -0.05) is 0 Å². The molecule has 3 rings (SSSR count). The predicted octanol–water partition coefficient (Wildman–Crippen LogP) is 1.44. The number of amides is 2. The zero-order valence-corrected chi connectivity index (χ0v) is 19.8. The summed E-state index contributed by atoms with van der Waals surface area (Å²) in [6.07, 6.45) is 0. The minimum absolute atomic E-state index is 0.249. The number of nitrogens with one attached hydrogen (secondary N) is 2. The molecule has 0 saturated heterocycles. The van der Waals surface area contributed by atoms with Crippen LogP contribution in [0.1, 0.15) is 21.0 Å². The Balaban J connectivity index is 1.41. The molecule has 0 fully saturated rings. The minimum atomic E-state index is -0.249.